The largest absolute Gasteiger partial charge is 0.462 e. The third-order valence-electron chi connectivity index (χ3n) is 4.33. The van der Waals surface area contributed by atoms with E-state index in [1.807, 2.05) is 31.2 Å². The van der Waals surface area contributed by atoms with Crippen LogP contribution in [0.3, 0.4) is 0 Å². The van der Waals surface area contributed by atoms with Crippen molar-refractivity contribution >= 4 is 17.4 Å². The molecule has 2 rings (SSSR count). The van der Waals surface area contributed by atoms with E-state index in [-0.39, 0.29) is 5.78 Å². The van der Waals surface area contributed by atoms with Gasteiger partial charge in [-0.3, -0.25) is 4.79 Å². The van der Waals surface area contributed by atoms with Crippen LogP contribution in [0.1, 0.15) is 58.4 Å². The Balaban J connectivity index is 2.25. The Morgan fingerprint density at radius 1 is 1.20 bits per heavy atom. The molecule has 0 bridgehead atoms. The number of Topliss-reactive ketones (excluding diaryl/α,β-unsaturated/α-hetero) is 1. The van der Waals surface area contributed by atoms with Crippen LogP contribution in [0.15, 0.2) is 24.3 Å². The number of anilines is 1. The summed E-state index contributed by atoms with van der Waals surface area (Å²) in [4.78, 5) is 28.0. The lowest BCUT2D eigenvalue weighted by atomic mass is 10.0. The number of nitrogens with one attached hydrogen (secondary N) is 2. The van der Waals surface area contributed by atoms with Gasteiger partial charge in [0.15, 0.2) is 0 Å². The smallest absolute Gasteiger partial charge is 0.340 e. The molecule has 0 saturated heterocycles. The summed E-state index contributed by atoms with van der Waals surface area (Å²) in [6, 6.07) is 7.53. The summed E-state index contributed by atoms with van der Waals surface area (Å²) in [5, 5.41) is 3.28. The summed E-state index contributed by atoms with van der Waals surface area (Å²) in [6.07, 6.45) is 0.887. The second-order valence-corrected chi connectivity index (χ2v) is 6.09. The van der Waals surface area contributed by atoms with Gasteiger partial charge in [0.2, 0.25) is 5.78 Å². The topological polar surface area (TPSA) is 71.2 Å². The first-order chi connectivity index (χ1) is 11.9. The number of benzene rings is 1. The van der Waals surface area contributed by atoms with E-state index >= 15 is 0 Å². The van der Waals surface area contributed by atoms with Gasteiger partial charge in [-0.2, -0.15) is 0 Å². The Labute approximate surface area is 148 Å². The van der Waals surface area contributed by atoms with Crippen LogP contribution in [0.2, 0.25) is 0 Å². The first kappa shape index (κ1) is 18.8. The molecule has 2 N–H and O–H groups in total. The third kappa shape index (κ3) is 3.92. The lowest BCUT2D eigenvalue weighted by Gasteiger charge is -2.16. The van der Waals surface area contributed by atoms with Crippen LogP contribution in [-0.2, 0) is 11.2 Å². The zero-order valence-electron chi connectivity index (χ0n) is 15.5. The lowest BCUT2D eigenvalue weighted by Crippen LogP contribution is -2.27. The second-order valence-electron chi connectivity index (χ2n) is 6.09. The standard InChI is InChI=1S/C20H26N2O3/c1-6-15-10-8-9-11-16(15)21-14(5)19(23)18-12(3)17(13(4)22-18)20(24)25-7-2/h8-11,14,21-22H,6-7H2,1-5H3/t14-/m1/s1. The Morgan fingerprint density at radius 2 is 1.88 bits per heavy atom. The van der Waals surface area contributed by atoms with Gasteiger partial charge in [-0.1, -0.05) is 25.1 Å². The molecule has 1 aromatic heterocycles. The minimum atomic E-state index is -0.417. The molecule has 25 heavy (non-hydrogen) atoms. The van der Waals surface area contributed by atoms with Crippen molar-refractivity contribution in [3.8, 4) is 0 Å². The molecule has 0 unspecified atom stereocenters. The number of hydrogen-bond donors (Lipinski definition) is 2. The molecule has 5 nitrogen and oxygen atoms in total. The van der Waals surface area contributed by atoms with Gasteiger partial charge in [0.25, 0.3) is 0 Å². The molecule has 0 aliphatic rings. The quantitative estimate of drug-likeness (QED) is 0.588. The fraction of sp³-hybridized carbons (Fsp3) is 0.400. The number of ether oxygens (including phenoxy) is 1. The average Bonchev–Trinajstić information content (AvgIpc) is 2.89. The van der Waals surface area contributed by atoms with Crippen molar-refractivity contribution in [2.45, 2.75) is 47.1 Å². The van der Waals surface area contributed by atoms with Gasteiger partial charge in [0, 0.05) is 11.4 Å². The van der Waals surface area contributed by atoms with Crippen LogP contribution < -0.4 is 5.32 Å². The van der Waals surface area contributed by atoms with Crippen molar-refractivity contribution in [1.82, 2.24) is 4.98 Å². The molecule has 134 valence electrons. The van der Waals surface area contributed by atoms with Crippen LogP contribution in [0.4, 0.5) is 5.69 Å². The Bertz CT molecular complexity index is 777. The van der Waals surface area contributed by atoms with Crippen molar-refractivity contribution < 1.29 is 14.3 Å². The summed E-state index contributed by atoms with van der Waals surface area (Å²) < 4.78 is 5.08. The Hall–Kier alpha value is -2.56. The highest BCUT2D eigenvalue weighted by molar-refractivity contribution is 6.04. The number of hydrogen-bond acceptors (Lipinski definition) is 4. The molecule has 1 aromatic carbocycles. The van der Waals surface area contributed by atoms with E-state index in [2.05, 4.69) is 17.2 Å². The predicted octanol–water partition coefficient (Wildman–Crippen LogP) is 4.05. The van der Waals surface area contributed by atoms with Crippen molar-refractivity contribution in [3.05, 3.63) is 52.3 Å². The molecule has 0 spiro atoms. The molecule has 0 amide bonds. The highest BCUT2D eigenvalue weighted by Crippen LogP contribution is 2.22. The molecular weight excluding hydrogens is 316 g/mol. The molecule has 1 atom stereocenters. The van der Waals surface area contributed by atoms with Crippen LogP contribution in [0, 0.1) is 13.8 Å². The minimum absolute atomic E-state index is 0.0814. The van der Waals surface area contributed by atoms with E-state index < -0.39 is 12.0 Å². The van der Waals surface area contributed by atoms with Crippen LogP contribution >= 0.6 is 0 Å². The summed E-state index contributed by atoms with van der Waals surface area (Å²) >= 11 is 0. The molecule has 1 heterocycles. The van der Waals surface area contributed by atoms with Crippen LogP contribution in [-0.4, -0.2) is 29.4 Å². The molecule has 5 heteroatoms. The number of para-hydroxylation sites is 1. The highest BCUT2D eigenvalue weighted by atomic mass is 16.5. The van der Waals surface area contributed by atoms with E-state index in [0.29, 0.717) is 29.1 Å². The van der Waals surface area contributed by atoms with E-state index in [1.54, 1.807) is 20.8 Å². The van der Waals surface area contributed by atoms with Crippen LogP contribution in [0.25, 0.3) is 0 Å². The fourth-order valence-electron chi connectivity index (χ4n) is 2.99. The summed E-state index contributed by atoms with van der Waals surface area (Å²) in [6.45, 7) is 9.53. The number of esters is 1. The fourth-order valence-corrected chi connectivity index (χ4v) is 2.99. The summed E-state index contributed by atoms with van der Waals surface area (Å²) in [5.41, 5.74) is 4.31. The first-order valence-corrected chi connectivity index (χ1v) is 8.65. The molecule has 0 saturated carbocycles. The first-order valence-electron chi connectivity index (χ1n) is 8.65. The number of aromatic nitrogens is 1. The minimum Gasteiger partial charge on any atom is -0.462 e. The van der Waals surface area contributed by atoms with Gasteiger partial charge >= 0.3 is 5.97 Å². The molecule has 0 aliphatic heterocycles. The van der Waals surface area contributed by atoms with E-state index in [0.717, 1.165) is 17.7 Å². The summed E-state index contributed by atoms with van der Waals surface area (Å²) in [7, 11) is 0. The molecule has 0 aliphatic carbocycles. The number of aromatic amines is 1. The molecular formula is C20H26N2O3. The number of aryl methyl sites for hydroxylation is 2. The maximum Gasteiger partial charge on any atom is 0.340 e. The summed E-state index contributed by atoms with van der Waals surface area (Å²) in [5.74, 6) is -0.480. The number of rotatable bonds is 7. The number of carbonyl (C=O) groups excluding carboxylic acids is 2. The van der Waals surface area contributed by atoms with Crippen molar-refractivity contribution in [2.75, 3.05) is 11.9 Å². The van der Waals surface area contributed by atoms with Crippen molar-refractivity contribution in [1.29, 1.82) is 0 Å². The zero-order chi connectivity index (χ0) is 18.6. The van der Waals surface area contributed by atoms with E-state index in [4.69, 9.17) is 4.74 Å². The normalized spacial score (nSPS) is 11.9. The second kappa shape index (κ2) is 8.01. The zero-order valence-corrected chi connectivity index (χ0v) is 15.5. The van der Waals surface area contributed by atoms with Gasteiger partial charge in [0.1, 0.15) is 0 Å². The van der Waals surface area contributed by atoms with Crippen molar-refractivity contribution in [3.63, 3.8) is 0 Å². The molecule has 2 aromatic rings. The van der Waals surface area contributed by atoms with E-state index in [9.17, 15) is 9.59 Å². The number of ketones is 1. The van der Waals surface area contributed by atoms with Crippen LogP contribution in [0.5, 0.6) is 0 Å². The van der Waals surface area contributed by atoms with Gasteiger partial charge in [-0.05, 0) is 51.3 Å². The van der Waals surface area contributed by atoms with E-state index in [1.165, 1.54) is 0 Å². The molecule has 0 radical (unpaired) electrons. The number of H-pyrrole nitrogens is 1. The Kier molecular flexibility index (Phi) is 6.02. The predicted molar refractivity (Wildman–Crippen MR) is 99.5 cm³/mol. The van der Waals surface area contributed by atoms with Gasteiger partial charge in [-0.15, -0.1) is 0 Å². The average molecular weight is 342 g/mol. The van der Waals surface area contributed by atoms with Gasteiger partial charge in [-0.25, -0.2) is 4.79 Å². The lowest BCUT2D eigenvalue weighted by molar-refractivity contribution is 0.0525. The van der Waals surface area contributed by atoms with Gasteiger partial charge in [0.05, 0.1) is 23.9 Å². The maximum atomic E-state index is 12.9. The SMILES string of the molecule is CCOC(=O)c1c(C)[nH]c(C(=O)[C@@H](C)Nc2ccccc2CC)c1C. The number of carbonyl (C=O) groups is 2. The maximum absolute atomic E-state index is 12.9. The monoisotopic (exact) mass is 342 g/mol. The molecule has 0 fully saturated rings. The Morgan fingerprint density at radius 3 is 2.52 bits per heavy atom. The van der Waals surface area contributed by atoms with Gasteiger partial charge < -0.3 is 15.0 Å². The van der Waals surface area contributed by atoms with Crippen molar-refractivity contribution in [2.24, 2.45) is 0 Å². The highest BCUT2D eigenvalue weighted by Gasteiger charge is 2.25. The third-order valence-corrected chi connectivity index (χ3v) is 4.33.